The Hall–Kier alpha value is -1.57. The topological polar surface area (TPSA) is 67.1 Å². The predicted molar refractivity (Wildman–Crippen MR) is 75.1 cm³/mol. The second kappa shape index (κ2) is 6.05. The minimum atomic E-state index is -4.28. The van der Waals surface area contributed by atoms with Gasteiger partial charge in [0.25, 0.3) is 0 Å². The molecular weight excluding hydrogens is 283 g/mol. The fourth-order valence-electron chi connectivity index (χ4n) is 2.24. The summed E-state index contributed by atoms with van der Waals surface area (Å²) in [7, 11) is 0. The van der Waals surface area contributed by atoms with Crippen molar-refractivity contribution in [1.29, 1.82) is 0 Å². The lowest BCUT2D eigenvalue weighted by Crippen LogP contribution is -2.36. The number of hydrogen-bond acceptors (Lipinski definition) is 5. The Balaban J connectivity index is 2.39. The normalized spacial score (nSPS) is 15.1. The summed E-state index contributed by atoms with van der Waals surface area (Å²) in [4.78, 5) is 9.92. The first kappa shape index (κ1) is 15.8. The molecule has 1 aliphatic rings. The molecule has 21 heavy (non-hydrogen) atoms. The molecule has 0 saturated heterocycles. The largest absolute Gasteiger partial charge is 0.405 e. The van der Waals surface area contributed by atoms with Gasteiger partial charge in [0.05, 0.1) is 0 Å². The summed E-state index contributed by atoms with van der Waals surface area (Å²) in [5.74, 6) is 6.96. The van der Waals surface area contributed by atoms with Gasteiger partial charge in [-0.3, -0.25) is 0 Å². The van der Waals surface area contributed by atoms with Crippen LogP contribution in [0.5, 0.6) is 0 Å². The van der Waals surface area contributed by atoms with Crippen molar-refractivity contribution in [2.45, 2.75) is 45.2 Å². The third-order valence-electron chi connectivity index (χ3n) is 3.38. The SMILES string of the molecule is CCCN(CC(F)(F)F)c1nc(C2CC2)nc(NN)c1C. The molecule has 1 aliphatic carbocycles. The highest BCUT2D eigenvalue weighted by Gasteiger charge is 2.33. The molecule has 2 rings (SSSR count). The van der Waals surface area contributed by atoms with E-state index in [1.165, 1.54) is 4.90 Å². The first-order chi connectivity index (χ1) is 9.85. The molecule has 1 aromatic heterocycles. The van der Waals surface area contributed by atoms with Gasteiger partial charge in [-0.15, -0.1) is 0 Å². The summed E-state index contributed by atoms with van der Waals surface area (Å²) in [6.07, 6.45) is -1.73. The molecule has 8 heteroatoms. The number of nitrogens with one attached hydrogen (secondary N) is 1. The van der Waals surface area contributed by atoms with E-state index in [0.29, 0.717) is 29.4 Å². The van der Waals surface area contributed by atoms with Crippen LogP contribution in [0.3, 0.4) is 0 Å². The molecule has 0 radical (unpaired) electrons. The van der Waals surface area contributed by atoms with Crippen LogP contribution in [0.4, 0.5) is 24.8 Å². The van der Waals surface area contributed by atoms with Crippen molar-refractivity contribution in [2.24, 2.45) is 5.84 Å². The summed E-state index contributed by atoms with van der Waals surface area (Å²) >= 11 is 0. The second-order valence-corrected chi connectivity index (χ2v) is 5.33. The van der Waals surface area contributed by atoms with Crippen LogP contribution in [0.25, 0.3) is 0 Å². The van der Waals surface area contributed by atoms with Gasteiger partial charge < -0.3 is 10.3 Å². The molecule has 118 valence electrons. The number of alkyl halides is 3. The molecule has 3 N–H and O–H groups in total. The third-order valence-corrected chi connectivity index (χ3v) is 3.38. The van der Waals surface area contributed by atoms with Crippen LogP contribution in [-0.4, -0.2) is 29.2 Å². The predicted octanol–water partition coefficient (Wildman–Crippen LogP) is 2.73. The number of nitrogens with two attached hydrogens (primary N) is 1. The van der Waals surface area contributed by atoms with Gasteiger partial charge in [0.15, 0.2) is 0 Å². The molecule has 0 amide bonds. The van der Waals surface area contributed by atoms with Crippen molar-refractivity contribution >= 4 is 11.6 Å². The summed E-state index contributed by atoms with van der Waals surface area (Å²) in [6, 6.07) is 0. The molecule has 1 saturated carbocycles. The van der Waals surface area contributed by atoms with Gasteiger partial charge in [0, 0.05) is 18.0 Å². The van der Waals surface area contributed by atoms with Gasteiger partial charge in [0.2, 0.25) is 0 Å². The molecule has 0 aliphatic heterocycles. The van der Waals surface area contributed by atoms with Crippen LogP contribution in [-0.2, 0) is 0 Å². The van der Waals surface area contributed by atoms with Gasteiger partial charge in [-0.1, -0.05) is 6.92 Å². The number of rotatable bonds is 6. The molecule has 1 aromatic rings. The van der Waals surface area contributed by atoms with Crippen molar-refractivity contribution in [1.82, 2.24) is 9.97 Å². The van der Waals surface area contributed by atoms with Gasteiger partial charge in [-0.05, 0) is 26.2 Å². The number of nitrogens with zero attached hydrogens (tertiary/aromatic N) is 3. The minimum Gasteiger partial charge on any atom is -0.347 e. The fourth-order valence-corrected chi connectivity index (χ4v) is 2.24. The Kier molecular flexibility index (Phi) is 4.55. The van der Waals surface area contributed by atoms with Crippen molar-refractivity contribution in [3.8, 4) is 0 Å². The van der Waals surface area contributed by atoms with E-state index >= 15 is 0 Å². The fraction of sp³-hybridized carbons (Fsp3) is 0.692. The van der Waals surface area contributed by atoms with Crippen LogP contribution < -0.4 is 16.2 Å². The summed E-state index contributed by atoms with van der Waals surface area (Å²) < 4.78 is 38.3. The van der Waals surface area contributed by atoms with E-state index in [4.69, 9.17) is 5.84 Å². The molecule has 0 unspecified atom stereocenters. The van der Waals surface area contributed by atoms with Crippen molar-refractivity contribution in [3.05, 3.63) is 11.4 Å². The maximum atomic E-state index is 12.8. The molecule has 0 bridgehead atoms. The van der Waals surface area contributed by atoms with E-state index in [0.717, 1.165) is 12.8 Å². The van der Waals surface area contributed by atoms with E-state index in [1.54, 1.807) is 6.92 Å². The number of hydrogen-bond donors (Lipinski definition) is 2. The van der Waals surface area contributed by atoms with Gasteiger partial charge in [-0.25, -0.2) is 15.8 Å². The van der Waals surface area contributed by atoms with Crippen molar-refractivity contribution in [3.63, 3.8) is 0 Å². The molecule has 0 atom stereocenters. The monoisotopic (exact) mass is 303 g/mol. The smallest absolute Gasteiger partial charge is 0.347 e. The van der Waals surface area contributed by atoms with Crippen LogP contribution in [0.1, 0.15) is 43.5 Å². The number of anilines is 2. The average Bonchev–Trinajstić information content (AvgIpc) is 3.21. The number of aromatic nitrogens is 2. The van der Waals surface area contributed by atoms with E-state index in [9.17, 15) is 13.2 Å². The van der Waals surface area contributed by atoms with Crippen LogP contribution >= 0.6 is 0 Å². The first-order valence-electron chi connectivity index (χ1n) is 7.02. The molecule has 1 heterocycles. The molecule has 0 spiro atoms. The first-order valence-corrected chi connectivity index (χ1v) is 7.02. The number of hydrazine groups is 1. The highest BCUT2D eigenvalue weighted by Crippen LogP contribution is 2.40. The van der Waals surface area contributed by atoms with Crippen LogP contribution in [0.15, 0.2) is 0 Å². The lowest BCUT2D eigenvalue weighted by molar-refractivity contribution is -0.119. The maximum absolute atomic E-state index is 12.8. The van der Waals surface area contributed by atoms with E-state index in [2.05, 4.69) is 15.4 Å². The Labute approximate surface area is 121 Å². The Morgan fingerprint density at radius 2 is 2.00 bits per heavy atom. The highest BCUT2D eigenvalue weighted by atomic mass is 19.4. The molecular formula is C13H20F3N5. The molecule has 1 fully saturated rings. The van der Waals surface area contributed by atoms with E-state index in [-0.39, 0.29) is 12.5 Å². The van der Waals surface area contributed by atoms with E-state index in [1.807, 2.05) is 6.92 Å². The average molecular weight is 303 g/mol. The Morgan fingerprint density at radius 1 is 1.33 bits per heavy atom. The summed E-state index contributed by atoms with van der Waals surface area (Å²) in [5, 5.41) is 0. The standard InChI is InChI=1S/C13H20F3N5/c1-3-6-21(7-13(14,15)16)12-8(2)10(20-17)18-11(19-12)9-4-5-9/h9H,3-7,17H2,1-2H3,(H,18,19,20). The zero-order valence-electron chi connectivity index (χ0n) is 12.2. The zero-order valence-corrected chi connectivity index (χ0v) is 12.2. The van der Waals surface area contributed by atoms with Gasteiger partial charge >= 0.3 is 6.18 Å². The highest BCUT2D eigenvalue weighted by molar-refractivity contribution is 5.58. The number of nitrogen functional groups attached to an aromatic ring is 1. The quantitative estimate of drug-likeness (QED) is 0.625. The van der Waals surface area contributed by atoms with Gasteiger partial charge in [-0.2, -0.15) is 13.2 Å². The van der Waals surface area contributed by atoms with Crippen LogP contribution in [0.2, 0.25) is 0 Å². The Bertz CT molecular complexity index is 499. The molecule has 5 nitrogen and oxygen atoms in total. The minimum absolute atomic E-state index is 0.241. The Morgan fingerprint density at radius 3 is 2.48 bits per heavy atom. The van der Waals surface area contributed by atoms with Crippen molar-refractivity contribution < 1.29 is 13.2 Å². The lowest BCUT2D eigenvalue weighted by atomic mass is 10.2. The zero-order chi connectivity index (χ0) is 15.6. The van der Waals surface area contributed by atoms with Crippen molar-refractivity contribution in [2.75, 3.05) is 23.4 Å². The van der Waals surface area contributed by atoms with Gasteiger partial charge in [0.1, 0.15) is 24.0 Å². The molecule has 0 aromatic carbocycles. The van der Waals surface area contributed by atoms with Crippen LogP contribution in [0, 0.1) is 6.92 Å². The summed E-state index contributed by atoms with van der Waals surface area (Å²) in [6.45, 7) is 2.78. The lowest BCUT2D eigenvalue weighted by Gasteiger charge is -2.27. The summed E-state index contributed by atoms with van der Waals surface area (Å²) in [5.41, 5.74) is 3.00. The van der Waals surface area contributed by atoms with E-state index < -0.39 is 12.7 Å². The number of halogens is 3. The maximum Gasteiger partial charge on any atom is 0.405 e. The second-order valence-electron chi connectivity index (χ2n) is 5.33. The third kappa shape index (κ3) is 3.96.